The summed E-state index contributed by atoms with van der Waals surface area (Å²) in [6.45, 7) is 9.62. The minimum atomic E-state index is 0. The molecule has 0 saturated carbocycles. The van der Waals surface area contributed by atoms with Crippen LogP contribution in [0.1, 0.15) is 31.9 Å². The Labute approximate surface area is 191 Å². The molecule has 1 aliphatic heterocycles. The van der Waals surface area contributed by atoms with E-state index in [1.807, 2.05) is 44.9 Å². The first-order chi connectivity index (χ1) is 13.5. The van der Waals surface area contributed by atoms with E-state index in [4.69, 9.17) is 0 Å². The number of nitrogens with zero attached hydrogens (tertiary/aromatic N) is 4. The molecule has 1 aliphatic rings. The topological polar surface area (TPSA) is 68.2 Å². The van der Waals surface area contributed by atoms with Crippen molar-refractivity contribution in [1.29, 1.82) is 0 Å². The third-order valence-electron chi connectivity index (χ3n) is 5.03. The Hall–Kier alpha value is -1.84. The molecule has 8 heteroatoms. The molecule has 0 bridgehead atoms. The molecule has 29 heavy (non-hydrogen) atoms. The lowest BCUT2D eigenvalue weighted by atomic mass is 10.00. The molecule has 1 aromatic carbocycles. The monoisotopic (exact) mass is 515 g/mol. The highest BCUT2D eigenvalue weighted by Gasteiger charge is 2.21. The molecular formula is C21H34IN5O2. The van der Waals surface area contributed by atoms with Gasteiger partial charge in [-0.1, -0.05) is 24.3 Å². The van der Waals surface area contributed by atoms with Gasteiger partial charge in [-0.3, -0.25) is 9.59 Å². The Balaban J connectivity index is 0.00000420. The van der Waals surface area contributed by atoms with Crippen LogP contribution in [0.2, 0.25) is 0 Å². The molecule has 0 unspecified atom stereocenters. The number of hydrogen-bond donors (Lipinski definition) is 1. The van der Waals surface area contributed by atoms with E-state index in [-0.39, 0.29) is 48.9 Å². The summed E-state index contributed by atoms with van der Waals surface area (Å²) in [7, 11) is 1.82. The first-order valence-electron chi connectivity index (χ1n) is 10.1. The first-order valence-corrected chi connectivity index (χ1v) is 10.1. The Morgan fingerprint density at radius 3 is 2.41 bits per heavy atom. The minimum Gasteiger partial charge on any atom is -0.356 e. The summed E-state index contributed by atoms with van der Waals surface area (Å²) >= 11 is 0. The molecule has 0 aromatic heterocycles. The minimum absolute atomic E-state index is 0. The van der Waals surface area contributed by atoms with Gasteiger partial charge in [-0.25, -0.2) is 4.99 Å². The van der Waals surface area contributed by atoms with Crippen molar-refractivity contribution in [1.82, 2.24) is 20.0 Å². The van der Waals surface area contributed by atoms with E-state index in [2.05, 4.69) is 22.4 Å². The highest BCUT2D eigenvalue weighted by atomic mass is 127. The predicted octanol–water partition coefficient (Wildman–Crippen LogP) is 1.95. The van der Waals surface area contributed by atoms with Gasteiger partial charge in [-0.15, -0.1) is 24.0 Å². The number of aliphatic imine (C=N–C) groups is 1. The van der Waals surface area contributed by atoms with Crippen molar-refractivity contribution in [2.45, 2.75) is 33.7 Å². The van der Waals surface area contributed by atoms with Gasteiger partial charge in [0, 0.05) is 39.8 Å². The zero-order valence-electron chi connectivity index (χ0n) is 18.0. The highest BCUT2D eigenvalue weighted by Crippen LogP contribution is 2.18. The Bertz CT molecular complexity index is 706. The third kappa shape index (κ3) is 7.17. The zero-order valence-corrected chi connectivity index (χ0v) is 20.3. The fraction of sp³-hybridized carbons (Fsp3) is 0.571. The molecule has 162 valence electrons. The van der Waals surface area contributed by atoms with E-state index in [0.29, 0.717) is 32.1 Å². The summed E-state index contributed by atoms with van der Waals surface area (Å²) in [4.78, 5) is 34.9. The average molecular weight is 515 g/mol. The second kappa shape index (κ2) is 12.7. The maximum atomic E-state index is 12.7. The van der Waals surface area contributed by atoms with Crippen molar-refractivity contribution < 1.29 is 9.59 Å². The summed E-state index contributed by atoms with van der Waals surface area (Å²) in [5.74, 6) is 0.638. The summed E-state index contributed by atoms with van der Waals surface area (Å²) in [6, 6.07) is 8.25. The van der Waals surface area contributed by atoms with Gasteiger partial charge in [0.1, 0.15) is 6.54 Å². The number of guanidine groups is 1. The van der Waals surface area contributed by atoms with Gasteiger partial charge in [0.15, 0.2) is 5.96 Å². The molecule has 0 spiro atoms. The summed E-state index contributed by atoms with van der Waals surface area (Å²) in [5, 5.41) is 3.17. The van der Waals surface area contributed by atoms with Crippen LogP contribution in [0.5, 0.6) is 0 Å². The standard InChI is InChI=1S/C21H33N5O2.HI/c1-5-22-21(24(4)16-20(28)25(6-2)7-3)23-14-19(27)26-13-12-17-10-8-9-11-18(17)15-26;/h8-11H,5-7,12-16H2,1-4H3,(H,22,23);1H. The largest absolute Gasteiger partial charge is 0.356 e. The lowest BCUT2D eigenvalue weighted by molar-refractivity contribution is -0.131. The quantitative estimate of drug-likeness (QED) is 0.343. The molecule has 2 amide bonds. The number of halogens is 1. The molecule has 7 nitrogen and oxygen atoms in total. The number of carbonyl (C=O) groups excluding carboxylic acids is 2. The van der Waals surface area contributed by atoms with E-state index >= 15 is 0 Å². The van der Waals surface area contributed by atoms with Crippen molar-refractivity contribution in [3.8, 4) is 0 Å². The van der Waals surface area contributed by atoms with E-state index < -0.39 is 0 Å². The second-order valence-corrected chi connectivity index (χ2v) is 6.93. The lowest BCUT2D eigenvalue weighted by Gasteiger charge is -2.29. The molecule has 0 atom stereocenters. The van der Waals surface area contributed by atoms with Gasteiger partial charge >= 0.3 is 0 Å². The molecule has 0 saturated heterocycles. The van der Waals surface area contributed by atoms with Crippen molar-refractivity contribution in [2.24, 2.45) is 4.99 Å². The van der Waals surface area contributed by atoms with Crippen LogP contribution in [-0.4, -0.2) is 78.8 Å². The van der Waals surface area contributed by atoms with E-state index in [9.17, 15) is 9.59 Å². The number of nitrogens with one attached hydrogen (secondary N) is 1. The molecule has 0 aliphatic carbocycles. The number of fused-ring (bicyclic) bond motifs is 1. The van der Waals surface area contributed by atoms with Crippen LogP contribution < -0.4 is 5.32 Å². The SMILES string of the molecule is CCNC(=NCC(=O)N1CCc2ccccc2C1)N(C)CC(=O)N(CC)CC.I. The number of carbonyl (C=O) groups is 2. The summed E-state index contributed by atoms with van der Waals surface area (Å²) < 4.78 is 0. The number of amides is 2. The van der Waals surface area contributed by atoms with Crippen molar-refractivity contribution in [2.75, 3.05) is 46.3 Å². The third-order valence-corrected chi connectivity index (χ3v) is 5.03. The van der Waals surface area contributed by atoms with E-state index in [0.717, 1.165) is 13.0 Å². The van der Waals surface area contributed by atoms with Crippen LogP contribution in [0, 0.1) is 0 Å². The van der Waals surface area contributed by atoms with Crippen LogP contribution in [0.4, 0.5) is 0 Å². The van der Waals surface area contributed by atoms with Gasteiger partial charge in [0.05, 0.1) is 6.54 Å². The second-order valence-electron chi connectivity index (χ2n) is 6.93. The Morgan fingerprint density at radius 1 is 1.14 bits per heavy atom. The van der Waals surface area contributed by atoms with E-state index in [1.165, 1.54) is 11.1 Å². The highest BCUT2D eigenvalue weighted by molar-refractivity contribution is 14.0. The number of hydrogen-bond acceptors (Lipinski definition) is 3. The van der Waals surface area contributed by atoms with Crippen LogP contribution in [-0.2, 0) is 22.6 Å². The van der Waals surface area contributed by atoms with Gasteiger partial charge in [-0.2, -0.15) is 0 Å². The normalized spacial score (nSPS) is 13.2. The number of benzene rings is 1. The number of rotatable bonds is 7. The van der Waals surface area contributed by atoms with Crippen LogP contribution >= 0.6 is 24.0 Å². The molecule has 1 N–H and O–H groups in total. The fourth-order valence-electron chi connectivity index (χ4n) is 3.37. The molecule has 0 radical (unpaired) electrons. The maximum Gasteiger partial charge on any atom is 0.244 e. The van der Waals surface area contributed by atoms with Crippen LogP contribution in [0.25, 0.3) is 0 Å². The van der Waals surface area contributed by atoms with Gasteiger partial charge in [0.25, 0.3) is 0 Å². The van der Waals surface area contributed by atoms with E-state index in [1.54, 1.807) is 9.80 Å². The molecule has 1 aromatic rings. The van der Waals surface area contributed by atoms with Crippen molar-refractivity contribution >= 4 is 41.8 Å². The van der Waals surface area contributed by atoms with Gasteiger partial charge < -0.3 is 20.0 Å². The fourth-order valence-corrected chi connectivity index (χ4v) is 3.37. The first kappa shape index (κ1) is 25.2. The number of likely N-dealkylation sites (N-methyl/N-ethyl adjacent to an activating group) is 2. The molecule has 1 heterocycles. The van der Waals surface area contributed by atoms with Crippen molar-refractivity contribution in [3.63, 3.8) is 0 Å². The summed E-state index contributed by atoms with van der Waals surface area (Å²) in [5.41, 5.74) is 2.53. The van der Waals surface area contributed by atoms with Gasteiger partial charge in [0.2, 0.25) is 11.8 Å². The zero-order chi connectivity index (χ0) is 20.5. The van der Waals surface area contributed by atoms with Gasteiger partial charge in [-0.05, 0) is 38.3 Å². The lowest BCUT2D eigenvalue weighted by Crippen LogP contribution is -2.46. The molecular weight excluding hydrogens is 481 g/mol. The average Bonchev–Trinajstić information content (AvgIpc) is 2.71. The Kier molecular flexibility index (Phi) is 11.0. The van der Waals surface area contributed by atoms with Crippen molar-refractivity contribution in [3.05, 3.63) is 35.4 Å². The Morgan fingerprint density at radius 2 is 1.79 bits per heavy atom. The molecule has 0 fully saturated rings. The van der Waals surface area contributed by atoms with Crippen LogP contribution in [0.15, 0.2) is 29.3 Å². The molecule has 2 rings (SSSR count). The smallest absolute Gasteiger partial charge is 0.244 e. The maximum absolute atomic E-state index is 12.7. The van der Waals surface area contributed by atoms with Crippen LogP contribution in [0.3, 0.4) is 0 Å². The predicted molar refractivity (Wildman–Crippen MR) is 128 cm³/mol. The summed E-state index contributed by atoms with van der Waals surface area (Å²) in [6.07, 6.45) is 0.879.